The summed E-state index contributed by atoms with van der Waals surface area (Å²) in [5.74, 6) is -0.916. The molecule has 1 aromatic carbocycles. The molecule has 142 valence electrons. The van der Waals surface area contributed by atoms with E-state index in [0.29, 0.717) is 6.54 Å². The normalized spacial score (nSPS) is 11.6. The van der Waals surface area contributed by atoms with Crippen molar-refractivity contribution < 1.29 is 22.3 Å². The van der Waals surface area contributed by atoms with E-state index in [1.807, 2.05) is 0 Å². The Labute approximate surface area is 151 Å². The molecule has 9 heteroatoms. The first kappa shape index (κ1) is 18.7. The van der Waals surface area contributed by atoms with E-state index in [9.17, 15) is 22.4 Å². The summed E-state index contributed by atoms with van der Waals surface area (Å²) in [5.41, 5.74) is -2.39. The molecule has 0 aliphatic carbocycles. The van der Waals surface area contributed by atoms with E-state index in [1.54, 1.807) is 6.92 Å². The van der Waals surface area contributed by atoms with Crippen LogP contribution in [0.3, 0.4) is 0 Å². The van der Waals surface area contributed by atoms with Gasteiger partial charge in [0.05, 0.1) is 23.8 Å². The number of nitrogens with zero attached hydrogens (tertiary/aromatic N) is 2. The molecular formula is C18H15F4N3O2. The van der Waals surface area contributed by atoms with E-state index in [-0.39, 0.29) is 28.3 Å². The molecule has 27 heavy (non-hydrogen) atoms. The summed E-state index contributed by atoms with van der Waals surface area (Å²) < 4.78 is 60.5. The molecule has 2 heterocycles. The number of ether oxygens (including phenoxy) is 1. The van der Waals surface area contributed by atoms with Gasteiger partial charge in [0.1, 0.15) is 0 Å². The van der Waals surface area contributed by atoms with Crippen molar-refractivity contribution in [2.24, 2.45) is 0 Å². The van der Waals surface area contributed by atoms with Gasteiger partial charge in [-0.15, -0.1) is 0 Å². The number of hydrogen-bond donors (Lipinski definition) is 1. The van der Waals surface area contributed by atoms with Gasteiger partial charge in [0.25, 0.3) is 5.56 Å². The van der Waals surface area contributed by atoms with Gasteiger partial charge in [-0.2, -0.15) is 18.2 Å². The van der Waals surface area contributed by atoms with E-state index in [2.05, 4.69) is 10.3 Å². The third-order valence-corrected chi connectivity index (χ3v) is 3.98. The topological polar surface area (TPSA) is 55.6 Å². The Balaban J connectivity index is 2.43. The van der Waals surface area contributed by atoms with Gasteiger partial charge in [0.2, 0.25) is 5.95 Å². The maximum Gasteiger partial charge on any atom is 0.416 e. The number of halogens is 4. The van der Waals surface area contributed by atoms with Crippen LogP contribution in [0, 0.1) is 5.82 Å². The van der Waals surface area contributed by atoms with E-state index >= 15 is 0 Å². The highest BCUT2D eigenvalue weighted by Gasteiger charge is 2.31. The fourth-order valence-electron chi connectivity index (χ4n) is 2.77. The van der Waals surface area contributed by atoms with Crippen LogP contribution in [0.25, 0.3) is 16.6 Å². The Morgan fingerprint density at radius 1 is 1.26 bits per heavy atom. The minimum Gasteiger partial charge on any atom is -0.494 e. The minimum absolute atomic E-state index is 0.0679. The number of aromatic nitrogens is 2. The molecule has 0 saturated carbocycles. The second kappa shape index (κ2) is 6.90. The van der Waals surface area contributed by atoms with Crippen molar-refractivity contribution in [3.8, 4) is 16.9 Å². The number of pyridine rings is 1. The van der Waals surface area contributed by atoms with Crippen LogP contribution in [0.2, 0.25) is 0 Å². The standard InChI is InChI=1S/C18H15F4N3O2/c1-3-23-17-24-16(26)14(11-5-4-6-13(27-2)15(11)19)12-9-10(18(20,21)22)7-8-25(12)17/h4-9H,3H2,1-2H3,(H,23,24,26). The van der Waals surface area contributed by atoms with Crippen molar-refractivity contribution in [2.75, 3.05) is 19.0 Å². The Morgan fingerprint density at radius 3 is 2.63 bits per heavy atom. The van der Waals surface area contributed by atoms with Crippen molar-refractivity contribution in [1.82, 2.24) is 9.38 Å². The molecule has 0 bridgehead atoms. The first-order valence-electron chi connectivity index (χ1n) is 7.98. The van der Waals surface area contributed by atoms with Crippen LogP contribution in [0.1, 0.15) is 12.5 Å². The second-order valence-electron chi connectivity index (χ2n) is 5.64. The highest BCUT2D eigenvalue weighted by molar-refractivity contribution is 5.82. The van der Waals surface area contributed by atoms with Gasteiger partial charge < -0.3 is 10.1 Å². The summed E-state index contributed by atoms with van der Waals surface area (Å²) in [6.45, 7) is 2.14. The zero-order chi connectivity index (χ0) is 19.8. The highest BCUT2D eigenvalue weighted by Crippen LogP contribution is 2.34. The van der Waals surface area contributed by atoms with Crippen LogP contribution in [0.15, 0.2) is 41.3 Å². The average Bonchev–Trinajstić information content (AvgIpc) is 2.62. The monoisotopic (exact) mass is 381 g/mol. The zero-order valence-electron chi connectivity index (χ0n) is 14.4. The molecule has 5 nitrogen and oxygen atoms in total. The Hall–Kier alpha value is -3.10. The van der Waals surface area contributed by atoms with Crippen molar-refractivity contribution >= 4 is 11.5 Å². The van der Waals surface area contributed by atoms with Crippen LogP contribution in [0.4, 0.5) is 23.5 Å². The average molecular weight is 381 g/mol. The Kier molecular flexibility index (Phi) is 4.77. The third kappa shape index (κ3) is 3.32. The van der Waals surface area contributed by atoms with Crippen LogP contribution in [0.5, 0.6) is 5.75 Å². The molecule has 0 atom stereocenters. The number of anilines is 1. The summed E-state index contributed by atoms with van der Waals surface area (Å²) >= 11 is 0. The molecule has 0 amide bonds. The Morgan fingerprint density at radius 2 is 2.00 bits per heavy atom. The predicted octanol–water partition coefficient (Wildman–Crippen LogP) is 3.96. The van der Waals surface area contributed by atoms with Gasteiger partial charge in [-0.05, 0) is 25.1 Å². The molecule has 0 radical (unpaired) electrons. The fraction of sp³-hybridized carbons (Fsp3) is 0.222. The van der Waals surface area contributed by atoms with Gasteiger partial charge in [-0.1, -0.05) is 12.1 Å². The number of methoxy groups -OCH3 is 1. The van der Waals surface area contributed by atoms with E-state index in [4.69, 9.17) is 4.74 Å². The van der Waals surface area contributed by atoms with Crippen molar-refractivity contribution in [2.45, 2.75) is 13.1 Å². The lowest BCUT2D eigenvalue weighted by atomic mass is 10.0. The lowest BCUT2D eigenvalue weighted by molar-refractivity contribution is -0.137. The maximum atomic E-state index is 14.7. The van der Waals surface area contributed by atoms with Gasteiger partial charge in [-0.3, -0.25) is 9.20 Å². The summed E-state index contributed by atoms with van der Waals surface area (Å²) in [6, 6.07) is 5.76. The minimum atomic E-state index is -4.62. The van der Waals surface area contributed by atoms with Crippen LogP contribution in [-0.4, -0.2) is 23.0 Å². The largest absolute Gasteiger partial charge is 0.494 e. The summed E-state index contributed by atoms with van der Waals surface area (Å²) in [7, 11) is 1.25. The number of alkyl halides is 3. The number of nitrogens with one attached hydrogen (secondary N) is 1. The SMILES string of the molecule is CCNc1nc(=O)c(-c2cccc(OC)c2F)c2cc(C(F)(F)F)ccn12. The zero-order valence-corrected chi connectivity index (χ0v) is 14.4. The van der Waals surface area contributed by atoms with Gasteiger partial charge in [0, 0.05) is 18.3 Å². The first-order chi connectivity index (χ1) is 12.8. The van der Waals surface area contributed by atoms with E-state index in [0.717, 1.165) is 18.3 Å². The molecule has 3 aromatic rings. The predicted molar refractivity (Wildman–Crippen MR) is 92.6 cm³/mol. The lowest BCUT2D eigenvalue weighted by Crippen LogP contribution is -2.19. The number of benzene rings is 1. The lowest BCUT2D eigenvalue weighted by Gasteiger charge is -2.15. The van der Waals surface area contributed by atoms with Gasteiger partial charge in [0.15, 0.2) is 11.6 Å². The first-order valence-corrected chi connectivity index (χ1v) is 7.98. The quantitative estimate of drug-likeness (QED) is 0.695. The van der Waals surface area contributed by atoms with E-state index < -0.39 is 23.1 Å². The molecule has 0 unspecified atom stereocenters. The molecule has 3 rings (SSSR count). The molecule has 0 spiro atoms. The van der Waals surface area contributed by atoms with Crippen molar-refractivity contribution in [3.63, 3.8) is 0 Å². The summed E-state index contributed by atoms with van der Waals surface area (Å²) in [6.07, 6.45) is -3.48. The molecule has 0 aliphatic heterocycles. The van der Waals surface area contributed by atoms with Crippen molar-refractivity contribution in [3.05, 3.63) is 58.3 Å². The molecule has 0 aliphatic rings. The fourth-order valence-corrected chi connectivity index (χ4v) is 2.77. The summed E-state index contributed by atoms with van der Waals surface area (Å²) in [4.78, 5) is 16.5. The number of fused-ring (bicyclic) bond motifs is 1. The Bertz CT molecular complexity index is 1060. The number of hydrogen-bond acceptors (Lipinski definition) is 4. The van der Waals surface area contributed by atoms with Crippen LogP contribution in [-0.2, 0) is 6.18 Å². The van der Waals surface area contributed by atoms with Crippen LogP contribution >= 0.6 is 0 Å². The smallest absolute Gasteiger partial charge is 0.416 e. The molecule has 0 fully saturated rings. The molecule has 1 N–H and O–H groups in total. The van der Waals surface area contributed by atoms with Gasteiger partial charge in [-0.25, -0.2) is 4.39 Å². The van der Waals surface area contributed by atoms with Crippen molar-refractivity contribution in [1.29, 1.82) is 0 Å². The van der Waals surface area contributed by atoms with Gasteiger partial charge >= 0.3 is 6.18 Å². The van der Waals surface area contributed by atoms with E-state index in [1.165, 1.54) is 29.7 Å². The summed E-state index contributed by atoms with van der Waals surface area (Å²) in [5, 5.41) is 2.82. The second-order valence-corrected chi connectivity index (χ2v) is 5.64. The third-order valence-electron chi connectivity index (χ3n) is 3.98. The number of rotatable bonds is 4. The molecular weight excluding hydrogens is 366 g/mol. The molecule has 0 saturated heterocycles. The molecule has 2 aromatic heterocycles. The maximum absolute atomic E-state index is 14.7. The highest BCUT2D eigenvalue weighted by atomic mass is 19.4. The van der Waals surface area contributed by atoms with Crippen LogP contribution < -0.4 is 15.6 Å².